The van der Waals surface area contributed by atoms with Crippen molar-refractivity contribution >= 4 is 23.2 Å². The number of benzene rings is 1. The predicted octanol–water partition coefficient (Wildman–Crippen LogP) is 3.63. The van der Waals surface area contributed by atoms with Gasteiger partial charge in [0.15, 0.2) is 0 Å². The molecule has 1 amide bonds. The number of nitrogens with one attached hydrogen (secondary N) is 1. The molecule has 0 spiro atoms. The van der Waals surface area contributed by atoms with Crippen molar-refractivity contribution in [1.29, 1.82) is 0 Å². The average Bonchev–Trinajstić information content (AvgIpc) is 2.23. The van der Waals surface area contributed by atoms with E-state index in [1.807, 2.05) is 39.0 Å². The van der Waals surface area contributed by atoms with Gasteiger partial charge in [0.25, 0.3) is 0 Å². The SMILES string of the molecule is CC[C@H](C)C(=O)Nc1cccc(Cl)c1C. The van der Waals surface area contributed by atoms with Crippen LogP contribution in [-0.2, 0) is 4.79 Å². The van der Waals surface area contributed by atoms with Crippen LogP contribution in [0.3, 0.4) is 0 Å². The van der Waals surface area contributed by atoms with Gasteiger partial charge in [-0.2, -0.15) is 0 Å². The van der Waals surface area contributed by atoms with E-state index in [2.05, 4.69) is 5.32 Å². The molecule has 0 aliphatic carbocycles. The predicted molar refractivity (Wildman–Crippen MR) is 64.3 cm³/mol. The first-order valence-electron chi connectivity index (χ1n) is 5.12. The fourth-order valence-electron chi connectivity index (χ4n) is 1.18. The second-order valence-electron chi connectivity index (χ2n) is 3.71. The van der Waals surface area contributed by atoms with Gasteiger partial charge in [-0.25, -0.2) is 0 Å². The standard InChI is InChI=1S/C12H16ClNO/c1-4-8(2)12(15)14-11-7-5-6-10(13)9(11)3/h5-8H,4H2,1-3H3,(H,14,15)/t8-/m0/s1. The maximum atomic E-state index is 11.7. The summed E-state index contributed by atoms with van der Waals surface area (Å²) in [4.78, 5) is 11.7. The van der Waals surface area contributed by atoms with Crippen LogP contribution in [0.4, 0.5) is 5.69 Å². The zero-order valence-corrected chi connectivity index (χ0v) is 10.1. The summed E-state index contributed by atoms with van der Waals surface area (Å²) >= 11 is 5.96. The van der Waals surface area contributed by atoms with E-state index < -0.39 is 0 Å². The molecule has 0 bridgehead atoms. The molecule has 1 aromatic carbocycles. The number of hydrogen-bond donors (Lipinski definition) is 1. The Balaban J connectivity index is 2.81. The molecular weight excluding hydrogens is 210 g/mol. The summed E-state index contributed by atoms with van der Waals surface area (Å²) in [6, 6.07) is 5.51. The molecule has 1 N–H and O–H groups in total. The first kappa shape index (κ1) is 12.1. The summed E-state index contributed by atoms with van der Waals surface area (Å²) in [5, 5.41) is 3.56. The molecule has 0 unspecified atom stereocenters. The summed E-state index contributed by atoms with van der Waals surface area (Å²) in [6.45, 7) is 5.80. The molecule has 0 heterocycles. The van der Waals surface area contributed by atoms with E-state index >= 15 is 0 Å². The van der Waals surface area contributed by atoms with E-state index in [9.17, 15) is 4.79 Å². The quantitative estimate of drug-likeness (QED) is 0.836. The summed E-state index contributed by atoms with van der Waals surface area (Å²) in [7, 11) is 0. The number of rotatable bonds is 3. The van der Waals surface area contributed by atoms with Gasteiger partial charge < -0.3 is 5.32 Å². The molecule has 0 aromatic heterocycles. The molecule has 15 heavy (non-hydrogen) atoms. The molecule has 3 heteroatoms. The van der Waals surface area contributed by atoms with Gasteiger partial charge in [0, 0.05) is 16.6 Å². The van der Waals surface area contributed by atoms with Crippen LogP contribution in [0.15, 0.2) is 18.2 Å². The number of hydrogen-bond acceptors (Lipinski definition) is 1. The number of amides is 1. The normalized spacial score (nSPS) is 12.3. The Bertz CT molecular complexity index is 363. The molecule has 0 saturated carbocycles. The zero-order chi connectivity index (χ0) is 11.4. The highest BCUT2D eigenvalue weighted by atomic mass is 35.5. The van der Waals surface area contributed by atoms with Gasteiger partial charge >= 0.3 is 0 Å². The van der Waals surface area contributed by atoms with Gasteiger partial charge in [-0.05, 0) is 31.0 Å². The third-order valence-electron chi connectivity index (χ3n) is 2.59. The lowest BCUT2D eigenvalue weighted by atomic mass is 10.1. The van der Waals surface area contributed by atoms with Crippen LogP contribution in [0.1, 0.15) is 25.8 Å². The Morgan fingerprint density at radius 1 is 1.53 bits per heavy atom. The first-order chi connectivity index (χ1) is 7.06. The lowest BCUT2D eigenvalue weighted by molar-refractivity contribution is -0.119. The Hall–Kier alpha value is -1.02. The van der Waals surface area contributed by atoms with Crippen molar-refractivity contribution in [3.05, 3.63) is 28.8 Å². The minimum absolute atomic E-state index is 0.0309. The Kier molecular flexibility index (Phi) is 4.15. The molecule has 1 aromatic rings. The highest BCUT2D eigenvalue weighted by molar-refractivity contribution is 6.31. The fraction of sp³-hybridized carbons (Fsp3) is 0.417. The molecule has 82 valence electrons. The second kappa shape index (κ2) is 5.17. The van der Waals surface area contributed by atoms with Gasteiger partial charge in [-0.3, -0.25) is 4.79 Å². The van der Waals surface area contributed by atoms with Gasteiger partial charge in [0.05, 0.1) is 0 Å². The monoisotopic (exact) mass is 225 g/mol. The minimum atomic E-state index is 0.0309. The van der Waals surface area contributed by atoms with E-state index in [0.717, 1.165) is 17.7 Å². The summed E-state index contributed by atoms with van der Waals surface area (Å²) in [5.41, 5.74) is 1.71. The largest absolute Gasteiger partial charge is 0.326 e. The minimum Gasteiger partial charge on any atom is -0.326 e. The second-order valence-corrected chi connectivity index (χ2v) is 4.12. The van der Waals surface area contributed by atoms with Crippen LogP contribution in [0.25, 0.3) is 0 Å². The van der Waals surface area contributed by atoms with Crippen LogP contribution < -0.4 is 5.32 Å². The summed E-state index contributed by atoms with van der Waals surface area (Å²) < 4.78 is 0. The van der Waals surface area contributed by atoms with E-state index in [1.54, 1.807) is 0 Å². The smallest absolute Gasteiger partial charge is 0.227 e. The zero-order valence-electron chi connectivity index (χ0n) is 9.30. The Morgan fingerprint density at radius 3 is 2.80 bits per heavy atom. The van der Waals surface area contributed by atoms with Gasteiger partial charge in [0.2, 0.25) is 5.91 Å². The lowest BCUT2D eigenvalue weighted by Gasteiger charge is -2.12. The molecule has 0 saturated heterocycles. The number of anilines is 1. The number of carbonyl (C=O) groups excluding carboxylic acids is 1. The van der Waals surface area contributed by atoms with Crippen molar-refractivity contribution in [2.45, 2.75) is 27.2 Å². The Labute approximate surface area is 95.6 Å². The lowest BCUT2D eigenvalue weighted by Crippen LogP contribution is -2.20. The van der Waals surface area contributed by atoms with Gasteiger partial charge in [-0.15, -0.1) is 0 Å². The molecule has 2 nitrogen and oxygen atoms in total. The summed E-state index contributed by atoms with van der Waals surface area (Å²) in [6.07, 6.45) is 0.839. The number of carbonyl (C=O) groups is 1. The van der Waals surface area contributed by atoms with Crippen LogP contribution in [0.5, 0.6) is 0 Å². The molecular formula is C12H16ClNO. The topological polar surface area (TPSA) is 29.1 Å². The molecule has 0 fully saturated rings. The van der Waals surface area contributed by atoms with Crippen molar-refractivity contribution in [1.82, 2.24) is 0 Å². The molecule has 1 atom stereocenters. The van der Waals surface area contributed by atoms with E-state index in [1.165, 1.54) is 0 Å². The van der Waals surface area contributed by atoms with Crippen molar-refractivity contribution in [2.75, 3.05) is 5.32 Å². The third-order valence-corrected chi connectivity index (χ3v) is 2.99. The summed E-state index contributed by atoms with van der Waals surface area (Å²) in [5.74, 6) is 0.0752. The average molecular weight is 226 g/mol. The highest BCUT2D eigenvalue weighted by Crippen LogP contribution is 2.23. The van der Waals surface area contributed by atoms with Crippen molar-refractivity contribution in [2.24, 2.45) is 5.92 Å². The maximum absolute atomic E-state index is 11.7. The number of halogens is 1. The van der Waals surface area contributed by atoms with Crippen LogP contribution in [0, 0.1) is 12.8 Å². The van der Waals surface area contributed by atoms with Gasteiger partial charge in [-0.1, -0.05) is 31.5 Å². The van der Waals surface area contributed by atoms with E-state index in [-0.39, 0.29) is 11.8 Å². The molecule has 1 rings (SSSR count). The first-order valence-corrected chi connectivity index (χ1v) is 5.50. The molecule has 0 aliphatic heterocycles. The van der Waals surface area contributed by atoms with Crippen LogP contribution >= 0.6 is 11.6 Å². The Morgan fingerprint density at radius 2 is 2.20 bits per heavy atom. The highest BCUT2D eigenvalue weighted by Gasteiger charge is 2.12. The van der Waals surface area contributed by atoms with Gasteiger partial charge in [0.1, 0.15) is 0 Å². The third kappa shape index (κ3) is 2.96. The fourth-order valence-corrected chi connectivity index (χ4v) is 1.36. The molecule has 0 radical (unpaired) electrons. The maximum Gasteiger partial charge on any atom is 0.227 e. The van der Waals surface area contributed by atoms with E-state index in [0.29, 0.717) is 5.02 Å². The van der Waals surface area contributed by atoms with Crippen LogP contribution in [0.2, 0.25) is 5.02 Å². The van der Waals surface area contributed by atoms with Crippen molar-refractivity contribution in [3.8, 4) is 0 Å². The van der Waals surface area contributed by atoms with Crippen LogP contribution in [-0.4, -0.2) is 5.91 Å². The van der Waals surface area contributed by atoms with Crippen molar-refractivity contribution < 1.29 is 4.79 Å². The molecule has 0 aliphatic rings. The van der Waals surface area contributed by atoms with E-state index in [4.69, 9.17) is 11.6 Å². The van der Waals surface area contributed by atoms with Crippen molar-refractivity contribution in [3.63, 3.8) is 0 Å².